The van der Waals surface area contributed by atoms with E-state index in [0.29, 0.717) is 6.54 Å². The van der Waals surface area contributed by atoms with Crippen molar-refractivity contribution in [1.29, 1.82) is 0 Å². The van der Waals surface area contributed by atoms with E-state index in [0.717, 1.165) is 12.8 Å². The molecule has 1 atom stereocenters. The Labute approximate surface area is 117 Å². The van der Waals surface area contributed by atoms with E-state index < -0.39 is 6.10 Å². The van der Waals surface area contributed by atoms with Crippen LogP contribution in [0.5, 0.6) is 0 Å². The van der Waals surface area contributed by atoms with Crippen LogP contribution in [0.15, 0.2) is 0 Å². The average Bonchev–Trinajstić information content (AvgIpc) is 2.21. The smallest absolute Gasteiger partial charge is 0.851 e. The van der Waals surface area contributed by atoms with E-state index in [1.807, 2.05) is 0 Å². The quantitative estimate of drug-likeness (QED) is 0.390. The number of rotatable bonds is 10. The summed E-state index contributed by atoms with van der Waals surface area (Å²) in [5.41, 5.74) is 5.26. The molecule has 0 bridgehead atoms. The summed E-state index contributed by atoms with van der Waals surface area (Å²) in [5.74, 6) is 0. The number of hydrogen-bond donors (Lipinski definition) is 1. The number of unbranched alkanes of at least 4 members (excludes halogenated alkanes) is 7. The van der Waals surface area contributed by atoms with Crippen molar-refractivity contribution < 1.29 is 34.7 Å². The maximum absolute atomic E-state index is 10.9. The average molecular weight is 223 g/mol. The molecule has 0 amide bonds. The van der Waals surface area contributed by atoms with Crippen LogP contribution in [0.3, 0.4) is 0 Å². The molecule has 0 aliphatic rings. The summed E-state index contributed by atoms with van der Waals surface area (Å²) in [5, 5.41) is 10.9. The summed E-state index contributed by atoms with van der Waals surface area (Å²) in [6, 6.07) is 0. The van der Waals surface area contributed by atoms with Crippen molar-refractivity contribution in [3.05, 3.63) is 0 Å². The molecule has 2 N–H and O–H groups in total. The van der Waals surface area contributed by atoms with E-state index in [-0.39, 0.29) is 29.6 Å². The first-order valence-corrected chi connectivity index (χ1v) is 6.17. The van der Waals surface area contributed by atoms with E-state index in [9.17, 15) is 5.11 Å². The number of hydrogen-bond acceptors (Lipinski definition) is 2. The standard InChI is InChI=1S/C12H26NO.Na/c1-2-3-4-5-6-7-8-9-10-12(14)11-13;/h12H,2-11,13H2,1H3;/q-1;+1. The van der Waals surface area contributed by atoms with Crippen LogP contribution in [0.25, 0.3) is 0 Å². The van der Waals surface area contributed by atoms with Crippen LogP contribution in [0.1, 0.15) is 64.7 Å². The van der Waals surface area contributed by atoms with Crippen LogP contribution in [-0.4, -0.2) is 12.6 Å². The van der Waals surface area contributed by atoms with E-state index in [1.165, 1.54) is 44.9 Å². The third-order valence-electron chi connectivity index (χ3n) is 2.64. The Balaban J connectivity index is 0. The third kappa shape index (κ3) is 14.9. The van der Waals surface area contributed by atoms with Crippen molar-refractivity contribution in [3.63, 3.8) is 0 Å². The van der Waals surface area contributed by atoms with Crippen molar-refractivity contribution in [2.45, 2.75) is 70.8 Å². The van der Waals surface area contributed by atoms with Gasteiger partial charge in [0.05, 0.1) is 0 Å². The molecule has 0 rings (SSSR count). The van der Waals surface area contributed by atoms with Crippen molar-refractivity contribution in [2.75, 3.05) is 6.54 Å². The molecule has 15 heavy (non-hydrogen) atoms. The van der Waals surface area contributed by atoms with Gasteiger partial charge >= 0.3 is 29.6 Å². The molecule has 0 saturated heterocycles. The van der Waals surface area contributed by atoms with Gasteiger partial charge in [-0.3, -0.25) is 0 Å². The Hall–Kier alpha value is 0.920. The molecule has 0 aliphatic heterocycles. The van der Waals surface area contributed by atoms with Crippen LogP contribution < -0.4 is 40.4 Å². The maximum atomic E-state index is 10.9. The zero-order chi connectivity index (χ0) is 10.6. The zero-order valence-electron chi connectivity index (χ0n) is 10.6. The van der Waals surface area contributed by atoms with Gasteiger partial charge < -0.3 is 10.8 Å². The van der Waals surface area contributed by atoms with Gasteiger partial charge in [0.2, 0.25) is 0 Å². The van der Waals surface area contributed by atoms with Crippen molar-refractivity contribution in [2.24, 2.45) is 5.73 Å². The van der Waals surface area contributed by atoms with Gasteiger partial charge in [-0.2, -0.15) is 0 Å². The summed E-state index contributed by atoms with van der Waals surface area (Å²) in [4.78, 5) is 0. The monoisotopic (exact) mass is 223 g/mol. The largest absolute Gasteiger partial charge is 1.00 e. The van der Waals surface area contributed by atoms with Gasteiger partial charge in [0.1, 0.15) is 0 Å². The van der Waals surface area contributed by atoms with E-state index >= 15 is 0 Å². The van der Waals surface area contributed by atoms with E-state index in [4.69, 9.17) is 5.73 Å². The normalized spacial score (nSPS) is 12.2. The number of nitrogens with two attached hydrogens (primary N) is 1. The van der Waals surface area contributed by atoms with Gasteiger partial charge in [0.25, 0.3) is 0 Å². The van der Waals surface area contributed by atoms with E-state index in [1.54, 1.807) is 0 Å². The molecule has 0 aromatic rings. The van der Waals surface area contributed by atoms with Gasteiger partial charge in [-0.25, -0.2) is 0 Å². The second-order valence-electron chi connectivity index (χ2n) is 4.12. The predicted molar refractivity (Wildman–Crippen MR) is 60.1 cm³/mol. The first-order valence-electron chi connectivity index (χ1n) is 6.17. The Morgan fingerprint density at radius 3 is 1.87 bits per heavy atom. The molecule has 1 unspecified atom stereocenters. The van der Waals surface area contributed by atoms with Gasteiger partial charge in [0.15, 0.2) is 0 Å². The Morgan fingerprint density at radius 1 is 0.933 bits per heavy atom. The molecule has 2 nitrogen and oxygen atoms in total. The minimum Gasteiger partial charge on any atom is -0.851 e. The first kappa shape index (κ1) is 18.3. The van der Waals surface area contributed by atoms with Crippen molar-refractivity contribution >= 4 is 0 Å². The molecule has 0 aromatic carbocycles. The molecule has 0 radical (unpaired) electrons. The molecule has 0 saturated carbocycles. The van der Waals surface area contributed by atoms with Crippen LogP contribution >= 0.6 is 0 Å². The minimum absolute atomic E-state index is 0. The zero-order valence-corrected chi connectivity index (χ0v) is 12.6. The second-order valence-corrected chi connectivity index (χ2v) is 4.12. The molecule has 0 fully saturated rings. The summed E-state index contributed by atoms with van der Waals surface area (Å²) in [6.45, 7) is 2.54. The minimum atomic E-state index is -0.518. The van der Waals surface area contributed by atoms with Crippen LogP contribution in [0, 0.1) is 0 Å². The van der Waals surface area contributed by atoms with Crippen LogP contribution in [0.4, 0.5) is 0 Å². The fourth-order valence-corrected chi connectivity index (χ4v) is 1.62. The summed E-state index contributed by atoms with van der Waals surface area (Å²) in [6.07, 6.45) is 10.6. The van der Waals surface area contributed by atoms with E-state index in [2.05, 4.69) is 6.92 Å². The summed E-state index contributed by atoms with van der Waals surface area (Å²) < 4.78 is 0. The van der Waals surface area contributed by atoms with Gasteiger partial charge in [0, 0.05) is 0 Å². The molecule has 86 valence electrons. The topological polar surface area (TPSA) is 49.1 Å². The fourth-order valence-electron chi connectivity index (χ4n) is 1.62. The van der Waals surface area contributed by atoms with Crippen molar-refractivity contribution in [1.82, 2.24) is 0 Å². The SMILES string of the molecule is CCCCCCCCCCC([O-])CN.[Na+]. The maximum Gasteiger partial charge on any atom is 1.00 e. The summed E-state index contributed by atoms with van der Waals surface area (Å²) in [7, 11) is 0. The van der Waals surface area contributed by atoms with Crippen molar-refractivity contribution in [3.8, 4) is 0 Å². The fraction of sp³-hybridized carbons (Fsp3) is 1.00. The van der Waals surface area contributed by atoms with Gasteiger partial charge in [-0.15, -0.1) is 6.10 Å². The van der Waals surface area contributed by atoms with Crippen LogP contribution in [-0.2, 0) is 0 Å². The predicted octanol–water partition coefficient (Wildman–Crippen LogP) is -0.791. The van der Waals surface area contributed by atoms with Gasteiger partial charge in [-0.1, -0.05) is 64.7 Å². The molecule has 3 heteroatoms. The summed E-state index contributed by atoms with van der Waals surface area (Å²) >= 11 is 0. The Morgan fingerprint density at radius 2 is 1.40 bits per heavy atom. The molecule has 0 aliphatic carbocycles. The first-order chi connectivity index (χ1) is 6.81. The second kappa shape index (κ2) is 14.9. The van der Waals surface area contributed by atoms with Gasteiger partial charge in [-0.05, 0) is 6.54 Å². The molecule has 0 aromatic heterocycles. The Bertz CT molecular complexity index is 112. The van der Waals surface area contributed by atoms with Crippen LogP contribution in [0.2, 0.25) is 0 Å². The molecular formula is C12H26NNaO. The molecule has 0 spiro atoms. The molecule has 0 heterocycles. The molecular weight excluding hydrogens is 197 g/mol. The Kier molecular flexibility index (Phi) is 18.2. The third-order valence-corrected chi connectivity index (χ3v) is 2.64.